The highest BCUT2D eigenvalue weighted by Crippen LogP contribution is 2.25. The molecule has 2 aliphatic heterocycles. The van der Waals surface area contributed by atoms with Crippen molar-refractivity contribution in [3.63, 3.8) is 0 Å². The van der Waals surface area contributed by atoms with Crippen molar-refractivity contribution in [1.29, 1.82) is 0 Å². The molecule has 0 aromatic heterocycles. The summed E-state index contributed by atoms with van der Waals surface area (Å²) < 4.78 is 11.2. The van der Waals surface area contributed by atoms with Crippen LogP contribution >= 0.6 is 24.8 Å². The van der Waals surface area contributed by atoms with E-state index >= 15 is 0 Å². The first-order valence-corrected chi connectivity index (χ1v) is 8.70. The lowest BCUT2D eigenvalue weighted by Crippen LogP contribution is -2.39. The summed E-state index contributed by atoms with van der Waals surface area (Å²) in [6, 6.07) is 8.28. The first-order valence-electron chi connectivity index (χ1n) is 8.70. The van der Waals surface area contributed by atoms with Crippen molar-refractivity contribution in [3.8, 4) is 0 Å². The predicted octanol–water partition coefficient (Wildman–Crippen LogP) is 1.83. The molecule has 1 aromatic carbocycles. The van der Waals surface area contributed by atoms with E-state index in [-0.39, 0.29) is 42.9 Å². The number of amides is 1. The van der Waals surface area contributed by atoms with E-state index in [1.165, 1.54) is 5.69 Å². The van der Waals surface area contributed by atoms with Gasteiger partial charge in [0, 0.05) is 38.9 Å². The van der Waals surface area contributed by atoms with Crippen molar-refractivity contribution in [3.05, 3.63) is 29.8 Å². The fourth-order valence-corrected chi connectivity index (χ4v) is 3.40. The van der Waals surface area contributed by atoms with Crippen molar-refractivity contribution in [2.24, 2.45) is 5.73 Å². The maximum atomic E-state index is 12.6. The van der Waals surface area contributed by atoms with Crippen molar-refractivity contribution < 1.29 is 14.3 Å². The Labute approximate surface area is 167 Å². The Bertz CT molecular complexity index is 570. The molecule has 26 heavy (non-hydrogen) atoms. The molecule has 1 amide bonds. The second-order valence-corrected chi connectivity index (χ2v) is 6.48. The molecule has 0 radical (unpaired) electrons. The van der Waals surface area contributed by atoms with Gasteiger partial charge in [0.25, 0.3) is 5.91 Å². The molecular formula is C18H29Cl2N3O3. The van der Waals surface area contributed by atoms with E-state index in [1.54, 1.807) is 4.90 Å². The van der Waals surface area contributed by atoms with Crippen LogP contribution in [0, 0.1) is 0 Å². The van der Waals surface area contributed by atoms with Gasteiger partial charge in [0.05, 0.1) is 19.3 Å². The van der Waals surface area contributed by atoms with Gasteiger partial charge in [0.2, 0.25) is 0 Å². The fraction of sp³-hybridized carbons (Fsp3) is 0.611. The molecule has 3 rings (SSSR count). The topological polar surface area (TPSA) is 68.0 Å². The lowest BCUT2D eigenvalue weighted by Gasteiger charge is -2.31. The highest BCUT2D eigenvalue weighted by molar-refractivity contribution is 5.85. The molecule has 0 unspecified atom stereocenters. The van der Waals surface area contributed by atoms with Gasteiger partial charge in [-0.1, -0.05) is 18.2 Å². The van der Waals surface area contributed by atoms with Gasteiger partial charge < -0.3 is 25.0 Å². The summed E-state index contributed by atoms with van der Waals surface area (Å²) in [6.07, 6.45) is 1.30. The van der Waals surface area contributed by atoms with E-state index in [9.17, 15) is 4.79 Å². The largest absolute Gasteiger partial charge is 0.378 e. The average Bonchev–Trinajstić information content (AvgIpc) is 3.11. The summed E-state index contributed by atoms with van der Waals surface area (Å²) in [5.41, 5.74) is 7.98. The Balaban J connectivity index is 0.00000169. The van der Waals surface area contributed by atoms with E-state index in [0.717, 1.165) is 44.7 Å². The van der Waals surface area contributed by atoms with Gasteiger partial charge in [0.1, 0.15) is 6.10 Å². The molecule has 0 bridgehead atoms. The number of anilines is 1. The number of para-hydroxylation sites is 1. The number of carbonyl (C=O) groups is 1. The Morgan fingerprint density at radius 2 is 1.92 bits per heavy atom. The van der Waals surface area contributed by atoms with E-state index < -0.39 is 0 Å². The standard InChI is InChI=1S/C18H27N3O3.2ClH/c1-20(18(22)17-7-6-15(12-19)24-17)13-14-4-2-3-5-16(14)21-8-10-23-11-9-21;;/h2-5,15,17H,6-13,19H2,1H3;2*1H/t15-,17+;;/m1../s1. The van der Waals surface area contributed by atoms with Gasteiger partial charge in [0.15, 0.2) is 0 Å². The number of rotatable bonds is 5. The highest BCUT2D eigenvalue weighted by Gasteiger charge is 2.32. The molecule has 2 aliphatic rings. The minimum absolute atomic E-state index is 0. The maximum Gasteiger partial charge on any atom is 0.251 e. The third-order valence-electron chi connectivity index (χ3n) is 4.77. The normalized spacial score (nSPS) is 22.3. The lowest BCUT2D eigenvalue weighted by molar-refractivity contribution is -0.141. The number of nitrogens with zero attached hydrogens (tertiary/aromatic N) is 2. The van der Waals surface area contributed by atoms with Gasteiger partial charge >= 0.3 is 0 Å². The molecular weight excluding hydrogens is 377 g/mol. The Kier molecular flexibility index (Phi) is 9.68. The number of carbonyl (C=O) groups excluding carboxylic acids is 1. The smallest absolute Gasteiger partial charge is 0.251 e. The van der Waals surface area contributed by atoms with Crippen LogP contribution in [0.4, 0.5) is 5.69 Å². The highest BCUT2D eigenvalue weighted by atomic mass is 35.5. The number of halogens is 2. The van der Waals surface area contributed by atoms with Crippen LogP contribution in [0.15, 0.2) is 24.3 Å². The molecule has 0 spiro atoms. The summed E-state index contributed by atoms with van der Waals surface area (Å²) >= 11 is 0. The molecule has 148 valence electrons. The summed E-state index contributed by atoms with van der Waals surface area (Å²) in [6.45, 7) is 4.34. The summed E-state index contributed by atoms with van der Waals surface area (Å²) in [5.74, 6) is 0.0442. The minimum atomic E-state index is -0.348. The number of ether oxygens (including phenoxy) is 2. The quantitative estimate of drug-likeness (QED) is 0.808. The zero-order valence-electron chi connectivity index (χ0n) is 15.1. The fourth-order valence-electron chi connectivity index (χ4n) is 3.40. The maximum absolute atomic E-state index is 12.6. The van der Waals surface area contributed by atoms with E-state index in [0.29, 0.717) is 13.1 Å². The van der Waals surface area contributed by atoms with Crippen molar-refractivity contribution in [2.75, 3.05) is 44.8 Å². The van der Waals surface area contributed by atoms with Gasteiger partial charge in [-0.2, -0.15) is 0 Å². The van der Waals surface area contributed by atoms with Gasteiger partial charge in [-0.05, 0) is 24.5 Å². The van der Waals surface area contributed by atoms with Gasteiger partial charge in [-0.3, -0.25) is 4.79 Å². The number of morpholine rings is 1. The molecule has 2 saturated heterocycles. The average molecular weight is 406 g/mol. The van der Waals surface area contributed by atoms with Crippen molar-refractivity contribution in [1.82, 2.24) is 4.90 Å². The zero-order valence-corrected chi connectivity index (χ0v) is 16.8. The van der Waals surface area contributed by atoms with Gasteiger partial charge in [-0.15, -0.1) is 24.8 Å². The van der Waals surface area contributed by atoms with E-state index in [2.05, 4.69) is 17.0 Å². The van der Waals surface area contributed by atoms with Gasteiger partial charge in [-0.25, -0.2) is 0 Å². The first-order chi connectivity index (χ1) is 11.7. The summed E-state index contributed by atoms with van der Waals surface area (Å²) in [4.78, 5) is 16.7. The summed E-state index contributed by atoms with van der Waals surface area (Å²) in [7, 11) is 1.84. The van der Waals surface area contributed by atoms with Crippen LogP contribution in [0.25, 0.3) is 0 Å². The molecule has 8 heteroatoms. The number of hydrogen-bond acceptors (Lipinski definition) is 5. The molecule has 2 fully saturated rings. The number of likely N-dealkylation sites (N-methyl/N-ethyl adjacent to an activating group) is 1. The van der Waals surface area contributed by atoms with Crippen LogP contribution in [-0.2, 0) is 20.8 Å². The molecule has 0 saturated carbocycles. The second-order valence-electron chi connectivity index (χ2n) is 6.48. The number of benzene rings is 1. The molecule has 2 N–H and O–H groups in total. The number of hydrogen-bond donors (Lipinski definition) is 1. The SMILES string of the molecule is CN(Cc1ccccc1N1CCOCC1)C(=O)[C@@H]1CC[C@H](CN)O1.Cl.Cl. The third kappa shape index (κ3) is 5.47. The predicted molar refractivity (Wildman–Crippen MR) is 107 cm³/mol. The zero-order chi connectivity index (χ0) is 16.9. The first kappa shape index (κ1) is 23.0. The minimum Gasteiger partial charge on any atom is -0.378 e. The van der Waals surface area contributed by atoms with E-state index in [4.69, 9.17) is 15.2 Å². The van der Waals surface area contributed by atoms with Crippen LogP contribution in [0.1, 0.15) is 18.4 Å². The second kappa shape index (κ2) is 10.9. The molecule has 2 heterocycles. The van der Waals surface area contributed by atoms with Crippen molar-refractivity contribution >= 4 is 36.4 Å². The van der Waals surface area contributed by atoms with E-state index in [1.807, 2.05) is 19.2 Å². The Morgan fingerprint density at radius 3 is 2.58 bits per heavy atom. The molecule has 0 aliphatic carbocycles. The van der Waals surface area contributed by atoms with Crippen LogP contribution in [0.2, 0.25) is 0 Å². The van der Waals surface area contributed by atoms with Crippen LogP contribution in [0.3, 0.4) is 0 Å². The van der Waals surface area contributed by atoms with Crippen LogP contribution < -0.4 is 10.6 Å². The monoisotopic (exact) mass is 405 g/mol. The molecule has 1 aromatic rings. The molecule has 2 atom stereocenters. The number of nitrogens with two attached hydrogens (primary N) is 1. The lowest BCUT2D eigenvalue weighted by atomic mass is 10.1. The Hall–Kier alpha value is -1.05. The Morgan fingerprint density at radius 1 is 1.23 bits per heavy atom. The summed E-state index contributed by atoms with van der Waals surface area (Å²) in [5, 5.41) is 0. The van der Waals surface area contributed by atoms with Crippen LogP contribution in [0.5, 0.6) is 0 Å². The van der Waals surface area contributed by atoms with Crippen molar-refractivity contribution in [2.45, 2.75) is 31.6 Å². The third-order valence-corrected chi connectivity index (χ3v) is 4.77. The molecule has 6 nitrogen and oxygen atoms in total. The van der Waals surface area contributed by atoms with Crippen LogP contribution in [-0.4, -0.2) is 62.9 Å².